The molecule has 0 radical (unpaired) electrons. The molecule has 1 aliphatic rings. The maximum absolute atomic E-state index is 12.0. The molecule has 0 aliphatic heterocycles. The summed E-state index contributed by atoms with van der Waals surface area (Å²) < 4.78 is 26.6. The number of rotatable bonds is 6. The topological polar surface area (TPSA) is 84.2 Å². The Morgan fingerprint density at radius 2 is 1.86 bits per heavy atom. The number of hydrogen-bond donors (Lipinski definition) is 3. The minimum absolute atomic E-state index is 0.174. The minimum atomic E-state index is -3.39. The summed E-state index contributed by atoms with van der Waals surface area (Å²) in [4.78, 5) is 0.300. The van der Waals surface area contributed by atoms with Crippen LogP contribution < -0.4 is 15.8 Å². The highest BCUT2D eigenvalue weighted by Crippen LogP contribution is 2.22. The predicted octanol–water partition coefficient (Wildman–Crippen LogP) is 2.06. The number of anilines is 1. The van der Waals surface area contributed by atoms with E-state index in [1.54, 1.807) is 12.1 Å². The van der Waals surface area contributed by atoms with Gasteiger partial charge in [0.2, 0.25) is 10.0 Å². The van der Waals surface area contributed by atoms with Crippen LogP contribution >= 0.6 is 0 Å². The van der Waals surface area contributed by atoms with Gasteiger partial charge >= 0.3 is 0 Å². The van der Waals surface area contributed by atoms with Crippen molar-refractivity contribution in [2.45, 2.75) is 56.0 Å². The van der Waals surface area contributed by atoms with Crippen molar-refractivity contribution in [2.24, 2.45) is 5.73 Å². The van der Waals surface area contributed by atoms with Gasteiger partial charge in [0.25, 0.3) is 0 Å². The molecular formula is C15H25N3O2S. The average Bonchev–Trinajstić information content (AvgIpc) is 2.48. The fourth-order valence-corrected chi connectivity index (χ4v) is 3.74. The van der Waals surface area contributed by atoms with Gasteiger partial charge in [0.1, 0.15) is 0 Å². The van der Waals surface area contributed by atoms with Crippen molar-refractivity contribution < 1.29 is 8.42 Å². The van der Waals surface area contributed by atoms with Crippen LogP contribution in [0.25, 0.3) is 0 Å². The van der Waals surface area contributed by atoms with Gasteiger partial charge in [-0.25, -0.2) is 13.1 Å². The number of sulfonamides is 1. The van der Waals surface area contributed by atoms with Crippen molar-refractivity contribution in [2.75, 3.05) is 11.9 Å². The fraction of sp³-hybridized carbons (Fsp3) is 0.600. The molecule has 21 heavy (non-hydrogen) atoms. The van der Waals surface area contributed by atoms with Crippen LogP contribution in [-0.4, -0.2) is 27.0 Å². The van der Waals surface area contributed by atoms with Gasteiger partial charge < -0.3 is 11.1 Å². The molecule has 0 bridgehead atoms. The molecular weight excluding hydrogens is 286 g/mol. The molecule has 2 rings (SSSR count). The standard InChI is InChI=1S/C15H25N3O2S/c1-2-11-17-21(19,20)13-9-7-12(8-10-13)18-15-6-4-3-5-14(15)16/h7-10,14-15,17-18H,2-6,11,16H2,1H3/t14-,15-/m1/s1. The summed E-state index contributed by atoms with van der Waals surface area (Å²) in [5, 5.41) is 3.41. The molecule has 1 aromatic carbocycles. The van der Waals surface area contributed by atoms with Gasteiger partial charge in [0, 0.05) is 24.3 Å². The average molecular weight is 311 g/mol. The first-order valence-corrected chi connectivity index (χ1v) is 9.13. The van der Waals surface area contributed by atoms with Crippen LogP contribution in [0.4, 0.5) is 5.69 Å². The second-order valence-electron chi connectivity index (χ2n) is 5.62. The summed E-state index contributed by atoms with van der Waals surface area (Å²) in [6.45, 7) is 2.39. The maximum atomic E-state index is 12.0. The van der Waals surface area contributed by atoms with Gasteiger partial charge in [-0.15, -0.1) is 0 Å². The van der Waals surface area contributed by atoms with Crippen molar-refractivity contribution in [3.63, 3.8) is 0 Å². The molecule has 4 N–H and O–H groups in total. The Hall–Kier alpha value is -1.11. The minimum Gasteiger partial charge on any atom is -0.381 e. The third kappa shape index (κ3) is 4.43. The molecule has 0 unspecified atom stereocenters. The Labute approximate surface area is 127 Å². The molecule has 1 aromatic rings. The molecule has 1 aliphatic carbocycles. The normalized spacial score (nSPS) is 23.0. The zero-order valence-corrected chi connectivity index (χ0v) is 13.3. The summed E-state index contributed by atoms with van der Waals surface area (Å²) in [5.41, 5.74) is 7.04. The van der Waals surface area contributed by atoms with E-state index in [1.807, 2.05) is 19.1 Å². The molecule has 0 heterocycles. The molecule has 0 aromatic heterocycles. The van der Waals surface area contributed by atoms with Crippen LogP contribution in [0, 0.1) is 0 Å². The zero-order chi connectivity index (χ0) is 15.3. The zero-order valence-electron chi connectivity index (χ0n) is 12.5. The van der Waals surface area contributed by atoms with Crippen LogP contribution in [0.3, 0.4) is 0 Å². The second-order valence-corrected chi connectivity index (χ2v) is 7.39. The Bertz CT molecular complexity index is 543. The third-order valence-corrected chi connectivity index (χ3v) is 5.36. The van der Waals surface area contributed by atoms with Crippen LogP contribution in [-0.2, 0) is 10.0 Å². The van der Waals surface area contributed by atoms with E-state index >= 15 is 0 Å². The lowest BCUT2D eigenvalue weighted by Crippen LogP contribution is -2.42. The van der Waals surface area contributed by atoms with Crippen molar-refractivity contribution in [3.05, 3.63) is 24.3 Å². The van der Waals surface area contributed by atoms with E-state index in [-0.39, 0.29) is 12.1 Å². The monoisotopic (exact) mass is 311 g/mol. The van der Waals surface area contributed by atoms with E-state index < -0.39 is 10.0 Å². The Morgan fingerprint density at radius 1 is 1.19 bits per heavy atom. The van der Waals surface area contributed by atoms with Crippen LogP contribution in [0.2, 0.25) is 0 Å². The van der Waals surface area contributed by atoms with E-state index in [4.69, 9.17) is 5.73 Å². The van der Waals surface area contributed by atoms with Crippen LogP contribution in [0.1, 0.15) is 39.0 Å². The quantitative estimate of drug-likeness (QED) is 0.751. The predicted molar refractivity (Wildman–Crippen MR) is 85.8 cm³/mol. The molecule has 0 spiro atoms. The van der Waals surface area contributed by atoms with Gasteiger partial charge in [-0.1, -0.05) is 19.8 Å². The lowest BCUT2D eigenvalue weighted by molar-refractivity contribution is 0.404. The number of nitrogens with one attached hydrogen (secondary N) is 2. The van der Waals surface area contributed by atoms with Gasteiger partial charge in [0.05, 0.1) is 4.90 Å². The van der Waals surface area contributed by atoms with E-state index in [1.165, 1.54) is 12.8 Å². The lowest BCUT2D eigenvalue weighted by atomic mass is 9.91. The molecule has 5 nitrogen and oxygen atoms in total. The van der Waals surface area contributed by atoms with E-state index in [9.17, 15) is 8.42 Å². The summed E-state index contributed by atoms with van der Waals surface area (Å²) in [5.74, 6) is 0. The largest absolute Gasteiger partial charge is 0.381 e. The van der Waals surface area contributed by atoms with Crippen molar-refractivity contribution in [1.82, 2.24) is 4.72 Å². The van der Waals surface area contributed by atoms with E-state index in [0.29, 0.717) is 11.4 Å². The molecule has 118 valence electrons. The van der Waals surface area contributed by atoms with Gasteiger partial charge in [0.15, 0.2) is 0 Å². The van der Waals surface area contributed by atoms with Crippen molar-refractivity contribution >= 4 is 15.7 Å². The Morgan fingerprint density at radius 3 is 2.48 bits per heavy atom. The number of hydrogen-bond acceptors (Lipinski definition) is 4. The van der Waals surface area contributed by atoms with Crippen molar-refractivity contribution in [3.8, 4) is 0 Å². The lowest BCUT2D eigenvalue weighted by Gasteiger charge is -2.30. The summed E-state index contributed by atoms with van der Waals surface area (Å²) in [6.07, 6.45) is 5.28. The third-order valence-electron chi connectivity index (χ3n) is 3.88. The first-order valence-electron chi connectivity index (χ1n) is 7.65. The molecule has 1 fully saturated rings. The number of nitrogens with two attached hydrogens (primary N) is 1. The molecule has 0 amide bonds. The van der Waals surface area contributed by atoms with E-state index in [2.05, 4.69) is 10.0 Å². The Balaban J connectivity index is 2.01. The SMILES string of the molecule is CCCNS(=O)(=O)c1ccc(N[C@@H]2CCCC[C@H]2N)cc1. The highest BCUT2D eigenvalue weighted by molar-refractivity contribution is 7.89. The summed E-state index contributed by atoms with van der Waals surface area (Å²) in [6, 6.07) is 7.33. The van der Waals surface area contributed by atoms with E-state index in [0.717, 1.165) is 24.9 Å². The van der Waals surface area contributed by atoms with Crippen LogP contribution in [0.5, 0.6) is 0 Å². The smallest absolute Gasteiger partial charge is 0.240 e. The summed E-state index contributed by atoms with van der Waals surface area (Å²) >= 11 is 0. The first kappa shape index (κ1) is 16.3. The second kappa shape index (κ2) is 7.24. The molecule has 2 atom stereocenters. The van der Waals surface area contributed by atoms with Gasteiger partial charge in [-0.05, 0) is 43.5 Å². The maximum Gasteiger partial charge on any atom is 0.240 e. The van der Waals surface area contributed by atoms with Crippen LogP contribution in [0.15, 0.2) is 29.2 Å². The number of benzene rings is 1. The highest BCUT2D eigenvalue weighted by Gasteiger charge is 2.21. The van der Waals surface area contributed by atoms with Crippen molar-refractivity contribution in [1.29, 1.82) is 0 Å². The fourth-order valence-electron chi connectivity index (χ4n) is 2.60. The molecule has 1 saturated carbocycles. The molecule has 6 heteroatoms. The van der Waals surface area contributed by atoms with Gasteiger partial charge in [-0.3, -0.25) is 0 Å². The first-order chi connectivity index (χ1) is 10.0. The Kier molecular flexibility index (Phi) is 5.61. The summed E-state index contributed by atoms with van der Waals surface area (Å²) in [7, 11) is -3.39. The van der Waals surface area contributed by atoms with Gasteiger partial charge in [-0.2, -0.15) is 0 Å². The highest BCUT2D eigenvalue weighted by atomic mass is 32.2. The molecule has 0 saturated heterocycles.